The number of halogens is 1. The lowest BCUT2D eigenvalue weighted by molar-refractivity contribution is -0.116. The highest BCUT2D eigenvalue weighted by Crippen LogP contribution is 2.43. The van der Waals surface area contributed by atoms with Crippen molar-refractivity contribution in [1.82, 2.24) is 15.1 Å². The number of nitrogens with zero attached hydrogens (tertiary/aromatic N) is 4. The summed E-state index contributed by atoms with van der Waals surface area (Å²) in [6, 6.07) is 14.7. The molecule has 0 N–H and O–H groups in total. The number of amides is 1. The molecule has 4 rings (SSSR count). The van der Waals surface area contributed by atoms with Crippen molar-refractivity contribution in [3.63, 3.8) is 0 Å². The Labute approximate surface area is 184 Å². The molecule has 2 heterocycles. The van der Waals surface area contributed by atoms with Gasteiger partial charge in [-0.1, -0.05) is 17.3 Å². The van der Waals surface area contributed by atoms with Crippen LogP contribution < -0.4 is 9.64 Å². The van der Waals surface area contributed by atoms with E-state index in [0.29, 0.717) is 34.0 Å². The highest BCUT2D eigenvalue weighted by molar-refractivity contribution is 6.04. The Morgan fingerprint density at radius 3 is 2.50 bits per heavy atom. The Kier molecular flexibility index (Phi) is 5.93. The second kappa shape index (κ2) is 8.97. The van der Waals surface area contributed by atoms with Crippen LogP contribution >= 0.6 is 0 Å². The second-order valence-electron chi connectivity index (χ2n) is 7.30. The van der Waals surface area contributed by atoms with Gasteiger partial charge in [-0.2, -0.15) is 0 Å². The van der Waals surface area contributed by atoms with Crippen LogP contribution in [0.1, 0.15) is 20.8 Å². The predicted molar refractivity (Wildman–Crippen MR) is 118 cm³/mol. The van der Waals surface area contributed by atoms with Crippen molar-refractivity contribution in [1.29, 1.82) is 0 Å². The molecular weight excluding hydrogens is 411 g/mol. The third-order valence-electron chi connectivity index (χ3n) is 4.62. The molecule has 162 valence electrons. The summed E-state index contributed by atoms with van der Waals surface area (Å²) < 4.78 is 25.1. The fourth-order valence-electron chi connectivity index (χ4n) is 3.33. The van der Waals surface area contributed by atoms with Gasteiger partial charge in [-0.05, 0) is 56.3 Å². The second-order valence-corrected chi connectivity index (χ2v) is 7.30. The van der Waals surface area contributed by atoms with Gasteiger partial charge in [0.1, 0.15) is 23.6 Å². The van der Waals surface area contributed by atoms with E-state index in [1.807, 2.05) is 19.9 Å². The topological polar surface area (TPSA) is 81.4 Å². The zero-order valence-corrected chi connectivity index (χ0v) is 17.8. The van der Waals surface area contributed by atoms with Crippen molar-refractivity contribution in [2.75, 3.05) is 4.90 Å². The summed E-state index contributed by atoms with van der Waals surface area (Å²) in [6.07, 6.45) is 2.88. The molecule has 0 aliphatic rings. The normalized spacial score (nSPS) is 10.9. The number of hydrogen-bond donors (Lipinski definition) is 0. The van der Waals surface area contributed by atoms with Gasteiger partial charge in [0.05, 0.1) is 23.0 Å². The van der Waals surface area contributed by atoms with Gasteiger partial charge in [-0.25, -0.2) is 19.3 Å². The Morgan fingerprint density at radius 1 is 1.09 bits per heavy atom. The number of hydrogen-bond acceptors (Lipinski definition) is 6. The Morgan fingerprint density at radius 2 is 1.84 bits per heavy atom. The molecule has 32 heavy (non-hydrogen) atoms. The fourth-order valence-corrected chi connectivity index (χ4v) is 3.33. The number of carbonyl (C=O) groups is 1. The Balaban J connectivity index is 1.94. The van der Waals surface area contributed by atoms with Gasteiger partial charge in [-0.3, -0.25) is 4.79 Å². The molecule has 0 saturated heterocycles. The fraction of sp³-hybridized carbons (Fsp3) is 0.167. The minimum atomic E-state index is -0.369. The van der Waals surface area contributed by atoms with E-state index in [4.69, 9.17) is 9.26 Å². The maximum Gasteiger partial charge on any atom is 0.248 e. The molecule has 0 spiro atoms. The van der Waals surface area contributed by atoms with Crippen LogP contribution in [0.3, 0.4) is 0 Å². The average Bonchev–Trinajstić information content (AvgIpc) is 3.20. The van der Waals surface area contributed by atoms with Crippen LogP contribution in [0.25, 0.3) is 22.5 Å². The third kappa shape index (κ3) is 4.20. The minimum Gasteiger partial charge on any atom is -0.489 e. The van der Waals surface area contributed by atoms with E-state index in [1.54, 1.807) is 42.6 Å². The molecule has 2 aromatic heterocycles. The first-order chi connectivity index (χ1) is 15.5. The summed E-state index contributed by atoms with van der Waals surface area (Å²) in [5.41, 5.74) is 2.53. The summed E-state index contributed by atoms with van der Waals surface area (Å²) in [4.78, 5) is 22.6. The first-order valence-corrected chi connectivity index (χ1v) is 10.0. The zero-order valence-electron chi connectivity index (χ0n) is 17.8. The van der Waals surface area contributed by atoms with E-state index in [9.17, 15) is 9.18 Å². The number of anilines is 2. The smallest absolute Gasteiger partial charge is 0.248 e. The number of ether oxygens (including phenoxy) is 1. The summed E-state index contributed by atoms with van der Waals surface area (Å²) in [6.45, 7) is 5.24. The summed E-state index contributed by atoms with van der Waals surface area (Å²) in [5.74, 6) is 0.0227. The highest BCUT2D eigenvalue weighted by Gasteiger charge is 2.30. The number of benzene rings is 2. The summed E-state index contributed by atoms with van der Waals surface area (Å²) in [7, 11) is 0. The molecule has 4 aromatic rings. The molecule has 7 nitrogen and oxygen atoms in total. The molecule has 0 aliphatic heterocycles. The van der Waals surface area contributed by atoms with Gasteiger partial charge in [0, 0.05) is 18.7 Å². The Hall–Kier alpha value is -4.07. The number of carbonyl (C=O) groups excluding carboxylic acids is 1. The molecule has 0 fully saturated rings. The lowest BCUT2D eigenvalue weighted by atomic mass is 10.0. The number of para-hydroxylation sites is 2. The highest BCUT2D eigenvalue weighted by atomic mass is 19.1. The molecule has 0 saturated carbocycles. The quantitative estimate of drug-likeness (QED) is 0.405. The van der Waals surface area contributed by atoms with Crippen molar-refractivity contribution in [3.05, 3.63) is 72.9 Å². The van der Waals surface area contributed by atoms with E-state index < -0.39 is 0 Å². The van der Waals surface area contributed by atoms with Crippen LogP contribution in [0, 0.1) is 5.82 Å². The monoisotopic (exact) mass is 432 g/mol. The first kappa shape index (κ1) is 21.2. The van der Waals surface area contributed by atoms with E-state index in [-0.39, 0.29) is 23.7 Å². The van der Waals surface area contributed by atoms with Gasteiger partial charge in [-0.15, -0.1) is 0 Å². The van der Waals surface area contributed by atoms with Crippen LogP contribution in [0.15, 0.2) is 71.6 Å². The van der Waals surface area contributed by atoms with E-state index in [0.717, 1.165) is 0 Å². The molecule has 8 heteroatoms. The zero-order chi connectivity index (χ0) is 22.7. The van der Waals surface area contributed by atoms with Crippen LogP contribution in [0.5, 0.6) is 5.75 Å². The maximum atomic E-state index is 13.5. The van der Waals surface area contributed by atoms with Crippen molar-refractivity contribution < 1.29 is 18.4 Å². The van der Waals surface area contributed by atoms with E-state index in [2.05, 4.69) is 15.1 Å². The standard InChI is InChI=1S/C24H21FN4O3/c1-15(2)31-21-7-5-4-6-20(21)29(16(3)30)24-22(19-12-13-26-14-27-19)23(28-32-24)17-8-10-18(25)11-9-17/h4-15H,1-3H3. The third-order valence-corrected chi connectivity index (χ3v) is 4.62. The molecule has 0 unspecified atom stereocenters. The SMILES string of the molecule is CC(=O)N(c1ccccc1OC(C)C)c1onc(-c2ccc(F)cc2)c1-c1ccncn1. The van der Waals surface area contributed by atoms with Gasteiger partial charge in [0.25, 0.3) is 0 Å². The van der Waals surface area contributed by atoms with E-state index >= 15 is 0 Å². The van der Waals surface area contributed by atoms with Crippen LogP contribution in [0.2, 0.25) is 0 Å². The first-order valence-electron chi connectivity index (χ1n) is 10.0. The van der Waals surface area contributed by atoms with Crippen molar-refractivity contribution >= 4 is 17.5 Å². The molecular formula is C24H21FN4O3. The van der Waals surface area contributed by atoms with Crippen molar-refractivity contribution in [2.24, 2.45) is 0 Å². The molecule has 2 aromatic carbocycles. The van der Waals surface area contributed by atoms with Gasteiger partial charge < -0.3 is 9.26 Å². The molecule has 0 atom stereocenters. The van der Waals surface area contributed by atoms with Crippen LogP contribution in [0.4, 0.5) is 16.0 Å². The van der Waals surface area contributed by atoms with Gasteiger partial charge in [0.15, 0.2) is 0 Å². The molecule has 1 amide bonds. The molecule has 0 aliphatic carbocycles. The minimum absolute atomic E-state index is 0.101. The average molecular weight is 432 g/mol. The molecule has 0 bridgehead atoms. The molecule has 0 radical (unpaired) electrons. The summed E-state index contributed by atoms with van der Waals surface area (Å²) in [5, 5.41) is 4.22. The lowest BCUT2D eigenvalue weighted by Gasteiger charge is -2.23. The van der Waals surface area contributed by atoms with Crippen molar-refractivity contribution in [2.45, 2.75) is 26.9 Å². The van der Waals surface area contributed by atoms with Crippen LogP contribution in [-0.4, -0.2) is 27.1 Å². The largest absolute Gasteiger partial charge is 0.489 e. The lowest BCUT2D eigenvalue weighted by Crippen LogP contribution is -2.24. The van der Waals surface area contributed by atoms with Gasteiger partial charge >= 0.3 is 0 Å². The van der Waals surface area contributed by atoms with Crippen molar-refractivity contribution in [3.8, 4) is 28.3 Å². The predicted octanol–water partition coefficient (Wildman–Crippen LogP) is 5.41. The van der Waals surface area contributed by atoms with E-state index in [1.165, 1.54) is 30.3 Å². The Bertz CT molecular complexity index is 1220. The van der Waals surface area contributed by atoms with Gasteiger partial charge in [0.2, 0.25) is 11.8 Å². The summed E-state index contributed by atoms with van der Waals surface area (Å²) >= 11 is 0. The van der Waals surface area contributed by atoms with Crippen LogP contribution in [-0.2, 0) is 4.79 Å². The number of aromatic nitrogens is 3. The number of rotatable bonds is 6. The maximum absolute atomic E-state index is 13.5.